The van der Waals surface area contributed by atoms with Crippen LogP contribution >= 0.6 is 11.3 Å². The van der Waals surface area contributed by atoms with Crippen LogP contribution < -0.4 is 5.32 Å². The van der Waals surface area contributed by atoms with Gasteiger partial charge in [-0.05, 0) is 13.8 Å². The first-order chi connectivity index (χ1) is 8.97. The Kier molecular flexibility index (Phi) is 3.61. The number of hydrogen-bond donors (Lipinski definition) is 2. The number of aromatic nitrogens is 2. The van der Waals surface area contributed by atoms with Crippen molar-refractivity contribution in [3.05, 3.63) is 33.9 Å². The second kappa shape index (κ2) is 5.19. The Morgan fingerprint density at radius 1 is 1.53 bits per heavy atom. The van der Waals surface area contributed by atoms with Gasteiger partial charge in [0.2, 0.25) is 5.89 Å². The molecule has 0 radical (unpaired) electrons. The molecular formula is C11H11N3O4S. The molecule has 2 aromatic rings. The number of amides is 1. The lowest BCUT2D eigenvalue weighted by Gasteiger charge is -2.08. The first kappa shape index (κ1) is 13.2. The molecule has 0 aliphatic carbocycles. The zero-order chi connectivity index (χ0) is 14.0. The van der Waals surface area contributed by atoms with E-state index >= 15 is 0 Å². The molecule has 0 aliphatic rings. The fraction of sp³-hybridized carbons (Fsp3) is 0.273. The van der Waals surface area contributed by atoms with Gasteiger partial charge in [-0.1, -0.05) is 0 Å². The molecule has 1 amide bonds. The van der Waals surface area contributed by atoms with Gasteiger partial charge >= 0.3 is 5.97 Å². The molecule has 2 aromatic heterocycles. The fourth-order valence-electron chi connectivity index (χ4n) is 1.37. The third-order valence-corrected chi connectivity index (χ3v) is 3.12. The zero-order valence-corrected chi connectivity index (χ0v) is 11.0. The SMILES string of the molecule is Cc1cnc(C(C)NC(=O)c2nc(C(=O)O)cs2)o1. The number of carbonyl (C=O) groups excluding carboxylic acids is 1. The van der Waals surface area contributed by atoms with Crippen molar-refractivity contribution < 1.29 is 19.1 Å². The van der Waals surface area contributed by atoms with E-state index in [0.29, 0.717) is 11.7 Å². The number of aryl methyl sites for hydroxylation is 1. The summed E-state index contributed by atoms with van der Waals surface area (Å²) in [6.07, 6.45) is 1.56. The van der Waals surface area contributed by atoms with Gasteiger partial charge in [-0.3, -0.25) is 4.79 Å². The summed E-state index contributed by atoms with van der Waals surface area (Å²) in [6, 6.07) is -0.418. The number of thiazole rings is 1. The number of nitrogens with one attached hydrogen (secondary N) is 1. The molecule has 2 heterocycles. The van der Waals surface area contributed by atoms with Crippen molar-refractivity contribution in [3.8, 4) is 0 Å². The molecule has 7 nitrogen and oxygen atoms in total. The smallest absolute Gasteiger partial charge is 0.355 e. The monoisotopic (exact) mass is 281 g/mol. The standard InChI is InChI=1S/C11H11N3O4S/c1-5-3-12-9(18-5)6(2)13-8(15)10-14-7(4-19-10)11(16)17/h3-4,6H,1-2H3,(H,13,15)(H,16,17). The van der Waals surface area contributed by atoms with E-state index in [4.69, 9.17) is 9.52 Å². The number of carbonyl (C=O) groups is 2. The van der Waals surface area contributed by atoms with Crippen LogP contribution in [0.1, 0.15) is 44.9 Å². The van der Waals surface area contributed by atoms with Crippen molar-refractivity contribution in [2.75, 3.05) is 0 Å². The van der Waals surface area contributed by atoms with E-state index in [1.807, 2.05) is 0 Å². The Hall–Kier alpha value is -2.22. The van der Waals surface area contributed by atoms with Crippen molar-refractivity contribution in [2.24, 2.45) is 0 Å². The van der Waals surface area contributed by atoms with Crippen LogP contribution in [0.4, 0.5) is 0 Å². The molecule has 100 valence electrons. The van der Waals surface area contributed by atoms with Gasteiger partial charge in [-0.2, -0.15) is 0 Å². The third kappa shape index (κ3) is 2.97. The molecule has 1 unspecified atom stereocenters. The van der Waals surface area contributed by atoms with Crippen molar-refractivity contribution in [2.45, 2.75) is 19.9 Å². The maximum atomic E-state index is 11.8. The van der Waals surface area contributed by atoms with Crippen LogP contribution in [0, 0.1) is 6.92 Å². The summed E-state index contributed by atoms with van der Waals surface area (Å²) in [6.45, 7) is 3.47. The summed E-state index contributed by atoms with van der Waals surface area (Å²) in [7, 11) is 0. The van der Waals surface area contributed by atoms with E-state index in [1.54, 1.807) is 20.0 Å². The van der Waals surface area contributed by atoms with Crippen molar-refractivity contribution in [1.29, 1.82) is 0 Å². The molecule has 0 saturated heterocycles. The number of rotatable bonds is 4. The van der Waals surface area contributed by atoms with Crippen LogP contribution in [-0.2, 0) is 0 Å². The summed E-state index contributed by atoms with van der Waals surface area (Å²) >= 11 is 0.973. The normalized spacial score (nSPS) is 12.1. The van der Waals surface area contributed by atoms with E-state index in [-0.39, 0.29) is 10.7 Å². The van der Waals surface area contributed by atoms with Gasteiger partial charge in [0.1, 0.15) is 11.8 Å². The number of oxazole rings is 1. The summed E-state index contributed by atoms with van der Waals surface area (Å²) in [4.78, 5) is 30.2. The van der Waals surface area contributed by atoms with Gasteiger partial charge in [-0.25, -0.2) is 14.8 Å². The van der Waals surface area contributed by atoms with Crippen LogP contribution in [0.3, 0.4) is 0 Å². The predicted molar refractivity (Wildman–Crippen MR) is 66.2 cm³/mol. The number of nitrogens with zero attached hydrogens (tertiary/aromatic N) is 2. The molecule has 0 bridgehead atoms. The highest BCUT2D eigenvalue weighted by atomic mass is 32.1. The molecule has 0 aromatic carbocycles. The third-order valence-electron chi connectivity index (χ3n) is 2.27. The molecule has 2 N–H and O–H groups in total. The van der Waals surface area contributed by atoms with Crippen LogP contribution in [0.15, 0.2) is 16.0 Å². The maximum absolute atomic E-state index is 11.8. The Bertz CT molecular complexity index is 619. The average Bonchev–Trinajstić information content (AvgIpc) is 2.96. The Morgan fingerprint density at radius 2 is 2.26 bits per heavy atom. The first-order valence-corrected chi connectivity index (χ1v) is 6.27. The Balaban J connectivity index is 2.06. The lowest BCUT2D eigenvalue weighted by atomic mass is 10.3. The molecule has 8 heteroatoms. The van der Waals surface area contributed by atoms with Gasteiger partial charge < -0.3 is 14.8 Å². The summed E-state index contributed by atoms with van der Waals surface area (Å²) in [5.74, 6) is -0.577. The number of hydrogen-bond acceptors (Lipinski definition) is 6. The van der Waals surface area contributed by atoms with Crippen LogP contribution in [0.5, 0.6) is 0 Å². The minimum Gasteiger partial charge on any atom is -0.476 e. The summed E-state index contributed by atoms with van der Waals surface area (Å²) in [5, 5.41) is 12.8. The van der Waals surface area contributed by atoms with Crippen molar-refractivity contribution >= 4 is 23.2 Å². The second-order valence-corrected chi connectivity index (χ2v) is 4.71. The van der Waals surface area contributed by atoms with Gasteiger partial charge in [0.15, 0.2) is 10.7 Å². The van der Waals surface area contributed by atoms with E-state index in [1.165, 1.54) is 5.38 Å². The Morgan fingerprint density at radius 3 is 2.79 bits per heavy atom. The quantitative estimate of drug-likeness (QED) is 0.882. The minimum absolute atomic E-state index is 0.0903. The van der Waals surface area contributed by atoms with E-state index in [0.717, 1.165) is 11.3 Å². The predicted octanol–water partition coefficient (Wildman–Crippen LogP) is 1.63. The molecular weight excluding hydrogens is 270 g/mol. The van der Waals surface area contributed by atoms with Crippen LogP contribution in [-0.4, -0.2) is 27.0 Å². The second-order valence-electron chi connectivity index (χ2n) is 3.85. The highest BCUT2D eigenvalue weighted by Gasteiger charge is 2.19. The lowest BCUT2D eigenvalue weighted by Crippen LogP contribution is -2.26. The summed E-state index contributed by atoms with van der Waals surface area (Å²) in [5.41, 5.74) is -0.144. The Labute approximate surface area is 112 Å². The molecule has 0 spiro atoms. The molecule has 0 fully saturated rings. The van der Waals surface area contributed by atoms with E-state index in [9.17, 15) is 9.59 Å². The lowest BCUT2D eigenvalue weighted by molar-refractivity contribution is 0.0691. The number of carboxylic acid groups (broad SMARTS) is 1. The topological polar surface area (TPSA) is 105 Å². The number of aromatic carboxylic acids is 1. The summed E-state index contributed by atoms with van der Waals surface area (Å²) < 4.78 is 5.29. The largest absolute Gasteiger partial charge is 0.476 e. The highest BCUT2D eigenvalue weighted by Crippen LogP contribution is 2.15. The van der Waals surface area contributed by atoms with Crippen LogP contribution in [0.2, 0.25) is 0 Å². The number of carboxylic acids is 1. The molecule has 2 rings (SSSR count). The average molecular weight is 281 g/mol. The fourth-order valence-corrected chi connectivity index (χ4v) is 2.06. The zero-order valence-electron chi connectivity index (χ0n) is 10.2. The van der Waals surface area contributed by atoms with Crippen molar-refractivity contribution in [3.63, 3.8) is 0 Å². The maximum Gasteiger partial charge on any atom is 0.355 e. The first-order valence-electron chi connectivity index (χ1n) is 5.39. The van der Waals surface area contributed by atoms with Crippen molar-refractivity contribution in [1.82, 2.24) is 15.3 Å². The molecule has 19 heavy (non-hydrogen) atoms. The minimum atomic E-state index is -1.16. The van der Waals surface area contributed by atoms with Gasteiger partial charge in [0.25, 0.3) is 5.91 Å². The van der Waals surface area contributed by atoms with Gasteiger partial charge in [0.05, 0.1) is 6.20 Å². The molecule has 1 atom stereocenters. The molecule has 0 saturated carbocycles. The van der Waals surface area contributed by atoms with Gasteiger partial charge in [-0.15, -0.1) is 11.3 Å². The van der Waals surface area contributed by atoms with E-state index in [2.05, 4.69) is 15.3 Å². The molecule has 0 aliphatic heterocycles. The highest BCUT2D eigenvalue weighted by molar-refractivity contribution is 7.11. The van der Waals surface area contributed by atoms with Crippen LogP contribution in [0.25, 0.3) is 0 Å². The van der Waals surface area contributed by atoms with E-state index < -0.39 is 17.9 Å². The van der Waals surface area contributed by atoms with Gasteiger partial charge in [0, 0.05) is 5.38 Å².